The van der Waals surface area contributed by atoms with Gasteiger partial charge in [0.1, 0.15) is 10.5 Å². The SMILES string of the molecule is CC1COC(CO)CN1Cc1nc2ccsc2c(=O)[nH]1. The standard InChI is InChI=1S/C13H17N3O3S/c1-8-7-19-9(6-17)4-16(8)5-11-14-10-2-3-20-12(10)13(18)15-11/h2-3,8-9,17H,4-7H2,1H3,(H,14,15,18). The second-order valence-corrected chi connectivity index (χ2v) is 5.98. The molecule has 0 aliphatic carbocycles. The molecule has 1 fully saturated rings. The van der Waals surface area contributed by atoms with E-state index in [0.29, 0.717) is 30.2 Å². The number of morpholine rings is 1. The minimum absolute atomic E-state index is 0.0106. The highest BCUT2D eigenvalue weighted by atomic mass is 32.1. The van der Waals surface area contributed by atoms with E-state index in [1.54, 1.807) is 0 Å². The lowest BCUT2D eigenvalue weighted by molar-refractivity contribution is -0.0811. The molecule has 0 bridgehead atoms. The maximum absolute atomic E-state index is 11.9. The van der Waals surface area contributed by atoms with Gasteiger partial charge in [0.05, 0.1) is 31.4 Å². The zero-order chi connectivity index (χ0) is 14.1. The van der Waals surface area contributed by atoms with Gasteiger partial charge in [0.15, 0.2) is 0 Å². The van der Waals surface area contributed by atoms with Crippen molar-refractivity contribution in [2.24, 2.45) is 0 Å². The molecule has 0 radical (unpaired) electrons. The molecule has 0 saturated carbocycles. The van der Waals surface area contributed by atoms with Crippen molar-refractivity contribution in [1.82, 2.24) is 14.9 Å². The van der Waals surface area contributed by atoms with Crippen molar-refractivity contribution in [3.8, 4) is 0 Å². The molecule has 1 aliphatic rings. The zero-order valence-corrected chi connectivity index (χ0v) is 12.0. The minimum atomic E-state index is -0.164. The van der Waals surface area contributed by atoms with Crippen LogP contribution in [-0.4, -0.2) is 51.9 Å². The summed E-state index contributed by atoms with van der Waals surface area (Å²) < 4.78 is 6.17. The van der Waals surface area contributed by atoms with Gasteiger partial charge in [-0.25, -0.2) is 4.98 Å². The van der Waals surface area contributed by atoms with E-state index in [1.807, 2.05) is 11.4 Å². The van der Waals surface area contributed by atoms with E-state index in [2.05, 4.69) is 21.8 Å². The van der Waals surface area contributed by atoms with Gasteiger partial charge in [0.2, 0.25) is 0 Å². The van der Waals surface area contributed by atoms with E-state index in [1.165, 1.54) is 11.3 Å². The largest absolute Gasteiger partial charge is 0.394 e. The summed E-state index contributed by atoms with van der Waals surface area (Å²) in [4.78, 5) is 21.4. The summed E-state index contributed by atoms with van der Waals surface area (Å²) in [5, 5.41) is 11.1. The number of ether oxygens (including phenoxy) is 1. The first-order valence-corrected chi connectivity index (χ1v) is 7.48. The molecule has 6 nitrogen and oxygen atoms in total. The molecule has 2 aromatic rings. The van der Waals surface area contributed by atoms with E-state index < -0.39 is 0 Å². The monoisotopic (exact) mass is 295 g/mol. The second kappa shape index (κ2) is 5.61. The van der Waals surface area contributed by atoms with Crippen LogP contribution in [0.2, 0.25) is 0 Å². The summed E-state index contributed by atoms with van der Waals surface area (Å²) in [7, 11) is 0. The van der Waals surface area contributed by atoms with Gasteiger partial charge in [-0.05, 0) is 18.4 Å². The van der Waals surface area contributed by atoms with E-state index in [9.17, 15) is 9.90 Å². The first-order chi connectivity index (χ1) is 9.67. The number of hydrogen-bond acceptors (Lipinski definition) is 6. The van der Waals surface area contributed by atoms with E-state index in [4.69, 9.17) is 4.74 Å². The number of aliphatic hydroxyl groups is 1. The predicted octanol–water partition coefficient (Wildman–Crippen LogP) is 0.566. The molecule has 2 atom stereocenters. The fourth-order valence-electron chi connectivity index (χ4n) is 2.39. The van der Waals surface area contributed by atoms with Crippen molar-refractivity contribution in [3.05, 3.63) is 27.6 Å². The smallest absolute Gasteiger partial charge is 0.268 e. The van der Waals surface area contributed by atoms with Gasteiger partial charge in [-0.1, -0.05) is 0 Å². The maximum Gasteiger partial charge on any atom is 0.268 e. The molecule has 20 heavy (non-hydrogen) atoms. The molecular weight excluding hydrogens is 278 g/mol. The van der Waals surface area contributed by atoms with E-state index in [-0.39, 0.29) is 24.3 Å². The Bertz CT molecular complexity index is 654. The minimum Gasteiger partial charge on any atom is -0.394 e. The van der Waals surface area contributed by atoms with Crippen LogP contribution in [0.5, 0.6) is 0 Å². The van der Waals surface area contributed by atoms with Gasteiger partial charge in [0.25, 0.3) is 5.56 Å². The van der Waals surface area contributed by atoms with Crippen molar-refractivity contribution >= 4 is 21.6 Å². The molecule has 1 saturated heterocycles. The molecule has 2 N–H and O–H groups in total. The molecule has 0 aromatic carbocycles. The van der Waals surface area contributed by atoms with Crippen molar-refractivity contribution in [2.45, 2.75) is 25.6 Å². The molecule has 1 aliphatic heterocycles. The van der Waals surface area contributed by atoms with Crippen LogP contribution in [0.15, 0.2) is 16.2 Å². The predicted molar refractivity (Wildman–Crippen MR) is 76.9 cm³/mol. The summed E-state index contributed by atoms with van der Waals surface area (Å²) in [6.45, 7) is 3.85. The Kier molecular flexibility index (Phi) is 3.84. The number of aliphatic hydroxyl groups excluding tert-OH is 1. The molecule has 0 amide bonds. The lowest BCUT2D eigenvalue weighted by atomic mass is 10.2. The highest BCUT2D eigenvalue weighted by molar-refractivity contribution is 7.17. The van der Waals surface area contributed by atoms with Crippen LogP contribution in [0.3, 0.4) is 0 Å². The van der Waals surface area contributed by atoms with E-state index in [0.717, 1.165) is 5.52 Å². The summed E-state index contributed by atoms with van der Waals surface area (Å²) in [5.41, 5.74) is 0.660. The Morgan fingerprint density at radius 3 is 3.30 bits per heavy atom. The van der Waals surface area contributed by atoms with Crippen LogP contribution < -0.4 is 5.56 Å². The van der Waals surface area contributed by atoms with Crippen LogP contribution in [0.1, 0.15) is 12.7 Å². The summed E-state index contributed by atoms with van der Waals surface area (Å²) in [6.07, 6.45) is -0.164. The van der Waals surface area contributed by atoms with Crippen molar-refractivity contribution in [3.63, 3.8) is 0 Å². The third-order valence-corrected chi connectivity index (χ3v) is 4.46. The molecule has 108 valence electrons. The zero-order valence-electron chi connectivity index (χ0n) is 11.2. The second-order valence-electron chi connectivity index (χ2n) is 5.06. The highest BCUT2D eigenvalue weighted by Crippen LogP contribution is 2.16. The average Bonchev–Trinajstić information content (AvgIpc) is 2.90. The van der Waals surface area contributed by atoms with Crippen LogP contribution in [-0.2, 0) is 11.3 Å². The lowest BCUT2D eigenvalue weighted by Crippen LogP contribution is -2.49. The molecular formula is C13H17N3O3S. The van der Waals surface area contributed by atoms with Crippen LogP contribution in [0.25, 0.3) is 10.2 Å². The van der Waals surface area contributed by atoms with Gasteiger partial charge >= 0.3 is 0 Å². The normalized spacial score (nSPS) is 24.3. The molecule has 3 rings (SSSR count). The first kappa shape index (κ1) is 13.7. The molecule has 3 heterocycles. The number of nitrogens with one attached hydrogen (secondary N) is 1. The van der Waals surface area contributed by atoms with Gasteiger partial charge in [-0.2, -0.15) is 0 Å². The Hall–Kier alpha value is -1.28. The number of fused-ring (bicyclic) bond motifs is 1. The summed E-state index contributed by atoms with van der Waals surface area (Å²) >= 11 is 1.40. The number of thiophene rings is 1. The quantitative estimate of drug-likeness (QED) is 0.865. The average molecular weight is 295 g/mol. The number of rotatable bonds is 3. The molecule has 0 spiro atoms. The van der Waals surface area contributed by atoms with Crippen LogP contribution in [0, 0.1) is 0 Å². The van der Waals surface area contributed by atoms with Crippen LogP contribution >= 0.6 is 11.3 Å². The number of H-pyrrole nitrogens is 1. The Balaban J connectivity index is 1.82. The van der Waals surface area contributed by atoms with Crippen molar-refractivity contribution in [2.75, 3.05) is 19.8 Å². The molecule has 2 unspecified atom stereocenters. The van der Waals surface area contributed by atoms with Gasteiger partial charge in [-0.3, -0.25) is 9.69 Å². The third kappa shape index (κ3) is 2.62. The topological polar surface area (TPSA) is 78.5 Å². The highest BCUT2D eigenvalue weighted by Gasteiger charge is 2.26. The van der Waals surface area contributed by atoms with Crippen molar-refractivity contribution in [1.29, 1.82) is 0 Å². The number of hydrogen-bond donors (Lipinski definition) is 2. The Morgan fingerprint density at radius 2 is 2.50 bits per heavy atom. The van der Waals surface area contributed by atoms with Gasteiger partial charge in [0, 0.05) is 12.6 Å². The Labute approximate surface area is 120 Å². The van der Waals surface area contributed by atoms with E-state index >= 15 is 0 Å². The van der Waals surface area contributed by atoms with Crippen molar-refractivity contribution < 1.29 is 9.84 Å². The third-order valence-electron chi connectivity index (χ3n) is 3.56. The number of aromatic amines is 1. The number of nitrogens with zero attached hydrogens (tertiary/aromatic N) is 2. The fraction of sp³-hybridized carbons (Fsp3) is 0.538. The van der Waals surface area contributed by atoms with Gasteiger partial charge < -0.3 is 14.8 Å². The molecule has 7 heteroatoms. The first-order valence-electron chi connectivity index (χ1n) is 6.60. The summed E-state index contributed by atoms with van der Waals surface area (Å²) in [6, 6.07) is 2.10. The summed E-state index contributed by atoms with van der Waals surface area (Å²) in [5.74, 6) is 0.659. The number of aromatic nitrogens is 2. The maximum atomic E-state index is 11.9. The Morgan fingerprint density at radius 1 is 1.65 bits per heavy atom. The van der Waals surface area contributed by atoms with Gasteiger partial charge in [-0.15, -0.1) is 11.3 Å². The fourth-order valence-corrected chi connectivity index (χ4v) is 3.12. The van der Waals surface area contributed by atoms with Crippen LogP contribution in [0.4, 0.5) is 0 Å². The molecule has 2 aromatic heterocycles. The lowest BCUT2D eigenvalue weighted by Gasteiger charge is -2.36.